The first-order valence-electron chi connectivity index (χ1n) is 4.88. The second kappa shape index (κ2) is 4.28. The van der Waals surface area contributed by atoms with Crippen molar-refractivity contribution in [2.45, 2.75) is 13.5 Å². The van der Waals surface area contributed by atoms with Crippen LogP contribution in [0.1, 0.15) is 21.8 Å². The summed E-state index contributed by atoms with van der Waals surface area (Å²) in [6.45, 7) is 1.54. The maximum atomic E-state index is 10.9. The van der Waals surface area contributed by atoms with Crippen molar-refractivity contribution in [3.63, 3.8) is 0 Å². The third kappa shape index (κ3) is 1.63. The van der Waals surface area contributed by atoms with Gasteiger partial charge in [-0.25, -0.2) is 0 Å². The molecule has 0 aliphatic carbocycles. The molecule has 0 aliphatic heterocycles. The Kier molecular flexibility index (Phi) is 2.83. The Morgan fingerprint density at radius 2 is 2.19 bits per heavy atom. The topological polar surface area (TPSA) is 63.3 Å². The summed E-state index contributed by atoms with van der Waals surface area (Å²) in [5.41, 5.74) is 2.45. The van der Waals surface area contributed by atoms with Gasteiger partial charge in [-0.3, -0.25) is 4.79 Å². The van der Waals surface area contributed by atoms with E-state index in [0.29, 0.717) is 22.6 Å². The van der Waals surface area contributed by atoms with Gasteiger partial charge in [-0.1, -0.05) is 29.4 Å². The van der Waals surface area contributed by atoms with Crippen molar-refractivity contribution in [1.29, 1.82) is 0 Å². The summed E-state index contributed by atoms with van der Waals surface area (Å²) in [6, 6.07) is 7.14. The molecule has 82 valence electrons. The monoisotopic (exact) mass is 217 g/mol. The molecule has 0 saturated carbocycles. The zero-order valence-corrected chi connectivity index (χ0v) is 8.80. The van der Waals surface area contributed by atoms with Crippen LogP contribution < -0.4 is 0 Å². The van der Waals surface area contributed by atoms with Gasteiger partial charge in [0.1, 0.15) is 11.5 Å². The quantitative estimate of drug-likeness (QED) is 0.798. The Labute approximate surface area is 92.5 Å². The highest BCUT2D eigenvalue weighted by Crippen LogP contribution is 2.29. The largest absolute Gasteiger partial charge is 0.390 e. The number of aryl methyl sites for hydroxylation is 1. The average Bonchev–Trinajstić information content (AvgIpc) is 2.70. The third-order valence-corrected chi connectivity index (χ3v) is 2.44. The van der Waals surface area contributed by atoms with Crippen LogP contribution in [-0.4, -0.2) is 16.5 Å². The maximum Gasteiger partial charge on any atom is 0.150 e. The molecular weight excluding hydrogens is 206 g/mol. The SMILES string of the molecule is Cc1onc(CO)c1-c1ccccc1C=O. The van der Waals surface area contributed by atoms with Gasteiger partial charge in [0.05, 0.1) is 12.2 Å². The van der Waals surface area contributed by atoms with Gasteiger partial charge in [0.25, 0.3) is 0 Å². The normalized spacial score (nSPS) is 10.4. The Morgan fingerprint density at radius 3 is 2.88 bits per heavy atom. The number of aliphatic hydroxyl groups is 1. The van der Waals surface area contributed by atoms with Crippen LogP contribution in [0.15, 0.2) is 28.8 Å². The summed E-state index contributed by atoms with van der Waals surface area (Å²) in [4.78, 5) is 10.9. The van der Waals surface area contributed by atoms with E-state index in [4.69, 9.17) is 9.63 Å². The summed E-state index contributed by atoms with van der Waals surface area (Å²) in [7, 11) is 0. The van der Waals surface area contributed by atoms with Crippen LogP contribution in [0.4, 0.5) is 0 Å². The number of nitrogens with zero attached hydrogens (tertiary/aromatic N) is 1. The molecule has 4 nitrogen and oxygen atoms in total. The van der Waals surface area contributed by atoms with E-state index in [1.807, 2.05) is 12.1 Å². The highest BCUT2D eigenvalue weighted by molar-refractivity contribution is 5.88. The minimum atomic E-state index is -0.208. The van der Waals surface area contributed by atoms with Gasteiger partial charge >= 0.3 is 0 Å². The fourth-order valence-corrected chi connectivity index (χ4v) is 1.70. The van der Waals surface area contributed by atoms with Gasteiger partial charge in [0, 0.05) is 5.56 Å². The number of aromatic nitrogens is 1. The van der Waals surface area contributed by atoms with Crippen molar-refractivity contribution in [2.24, 2.45) is 0 Å². The molecule has 0 saturated heterocycles. The van der Waals surface area contributed by atoms with Crippen LogP contribution in [0.25, 0.3) is 11.1 Å². The van der Waals surface area contributed by atoms with E-state index in [1.165, 1.54) is 0 Å². The molecule has 0 bridgehead atoms. The highest BCUT2D eigenvalue weighted by Gasteiger charge is 2.16. The number of carbonyl (C=O) groups excluding carboxylic acids is 1. The molecule has 0 amide bonds. The predicted molar refractivity (Wildman–Crippen MR) is 58.0 cm³/mol. The van der Waals surface area contributed by atoms with E-state index in [1.54, 1.807) is 19.1 Å². The Hall–Kier alpha value is -1.94. The summed E-state index contributed by atoms with van der Waals surface area (Å²) < 4.78 is 5.01. The van der Waals surface area contributed by atoms with Crippen LogP contribution in [0.3, 0.4) is 0 Å². The van der Waals surface area contributed by atoms with Crippen molar-refractivity contribution < 1.29 is 14.4 Å². The van der Waals surface area contributed by atoms with E-state index in [-0.39, 0.29) is 6.61 Å². The molecule has 1 aromatic carbocycles. The molecule has 0 fully saturated rings. The van der Waals surface area contributed by atoms with Gasteiger partial charge in [-0.15, -0.1) is 0 Å². The third-order valence-electron chi connectivity index (χ3n) is 2.44. The zero-order chi connectivity index (χ0) is 11.5. The average molecular weight is 217 g/mol. The van der Waals surface area contributed by atoms with Crippen molar-refractivity contribution in [3.05, 3.63) is 41.3 Å². The van der Waals surface area contributed by atoms with E-state index in [2.05, 4.69) is 5.16 Å². The molecule has 4 heteroatoms. The molecule has 0 aliphatic rings. The van der Waals surface area contributed by atoms with Crippen molar-refractivity contribution in [3.8, 4) is 11.1 Å². The summed E-state index contributed by atoms with van der Waals surface area (Å²) >= 11 is 0. The van der Waals surface area contributed by atoms with Gasteiger partial charge in [-0.05, 0) is 12.5 Å². The van der Waals surface area contributed by atoms with E-state index in [0.717, 1.165) is 11.8 Å². The van der Waals surface area contributed by atoms with E-state index < -0.39 is 0 Å². The zero-order valence-electron chi connectivity index (χ0n) is 8.80. The first kappa shape index (κ1) is 10.6. The number of aliphatic hydroxyl groups excluding tert-OH is 1. The Morgan fingerprint density at radius 1 is 1.44 bits per heavy atom. The van der Waals surface area contributed by atoms with Crippen LogP contribution in [0, 0.1) is 6.92 Å². The minimum Gasteiger partial charge on any atom is -0.390 e. The minimum absolute atomic E-state index is 0.208. The van der Waals surface area contributed by atoms with Crippen molar-refractivity contribution >= 4 is 6.29 Å². The van der Waals surface area contributed by atoms with Crippen LogP contribution in [0.5, 0.6) is 0 Å². The molecule has 0 spiro atoms. The fourth-order valence-electron chi connectivity index (χ4n) is 1.70. The lowest BCUT2D eigenvalue weighted by atomic mass is 9.99. The van der Waals surface area contributed by atoms with Crippen molar-refractivity contribution in [2.75, 3.05) is 0 Å². The van der Waals surface area contributed by atoms with Crippen LogP contribution in [-0.2, 0) is 6.61 Å². The number of carbonyl (C=O) groups is 1. The molecule has 0 unspecified atom stereocenters. The first-order chi connectivity index (χ1) is 7.77. The fraction of sp³-hybridized carbons (Fsp3) is 0.167. The number of aldehydes is 1. The lowest BCUT2D eigenvalue weighted by Crippen LogP contribution is -1.92. The Bertz CT molecular complexity index is 517. The number of benzene rings is 1. The summed E-state index contributed by atoms with van der Waals surface area (Å²) in [6.07, 6.45) is 0.781. The molecule has 0 radical (unpaired) electrons. The molecule has 1 aromatic heterocycles. The van der Waals surface area contributed by atoms with Gasteiger partial charge in [0.2, 0.25) is 0 Å². The van der Waals surface area contributed by atoms with Crippen LogP contribution in [0.2, 0.25) is 0 Å². The maximum absolute atomic E-state index is 10.9. The van der Waals surface area contributed by atoms with Gasteiger partial charge < -0.3 is 9.63 Å². The van der Waals surface area contributed by atoms with Gasteiger partial charge in [0.15, 0.2) is 6.29 Å². The Balaban J connectivity index is 2.66. The second-order valence-corrected chi connectivity index (χ2v) is 3.42. The molecule has 2 rings (SSSR count). The lowest BCUT2D eigenvalue weighted by molar-refractivity contribution is 0.112. The predicted octanol–water partition coefficient (Wildman–Crippen LogP) is 1.95. The molecule has 1 heterocycles. The molecule has 2 aromatic rings. The van der Waals surface area contributed by atoms with Gasteiger partial charge in [-0.2, -0.15) is 0 Å². The van der Waals surface area contributed by atoms with E-state index >= 15 is 0 Å². The lowest BCUT2D eigenvalue weighted by Gasteiger charge is -2.03. The summed E-state index contributed by atoms with van der Waals surface area (Å²) in [5.74, 6) is 0.596. The molecule has 16 heavy (non-hydrogen) atoms. The number of hydrogen-bond donors (Lipinski definition) is 1. The first-order valence-corrected chi connectivity index (χ1v) is 4.88. The second-order valence-electron chi connectivity index (χ2n) is 3.42. The highest BCUT2D eigenvalue weighted by atomic mass is 16.5. The molecule has 0 atom stereocenters. The number of rotatable bonds is 3. The number of hydrogen-bond acceptors (Lipinski definition) is 4. The van der Waals surface area contributed by atoms with Crippen LogP contribution >= 0.6 is 0 Å². The standard InChI is InChI=1S/C12H11NO3/c1-8-12(11(7-15)13-16-8)10-5-3-2-4-9(10)6-14/h2-6,15H,7H2,1H3. The summed E-state index contributed by atoms with van der Waals surface area (Å²) in [5, 5.41) is 12.9. The van der Waals surface area contributed by atoms with Crippen molar-refractivity contribution in [1.82, 2.24) is 5.16 Å². The molecular formula is C12H11NO3. The smallest absolute Gasteiger partial charge is 0.150 e. The van der Waals surface area contributed by atoms with E-state index in [9.17, 15) is 4.79 Å². The molecule has 1 N–H and O–H groups in total.